The van der Waals surface area contributed by atoms with E-state index in [1.807, 2.05) is 18.2 Å². The van der Waals surface area contributed by atoms with E-state index in [0.29, 0.717) is 11.1 Å². The maximum atomic E-state index is 10.1. The molecular weight excluding hydrogens is 282 g/mol. The van der Waals surface area contributed by atoms with E-state index in [0.717, 1.165) is 4.47 Å². The third-order valence-electron chi connectivity index (χ3n) is 2.55. The third kappa shape index (κ3) is 2.72. The highest BCUT2D eigenvalue weighted by Gasteiger charge is 2.21. The molecule has 4 heteroatoms. The Hall–Kier alpha value is -1.23. The SMILES string of the molecule is OC(c1cccnc1)C(O)c1ccccc1Br. The van der Waals surface area contributed by atoms with Crippen molar-refractivity contribution < 1.29 is 10.2 Å². The van der Waals surface area contributed by atoms with E-state index in [2.05, 4.69) is 20.9 Å². The molecule has 1 aromatic heterocycles. The van der Waals surface area contributed by atoms with Gasteiger partial charge in [0, 0.05) is 22.4 Å². The lowest BCUT2D eigenvalue weighted by atomic mass is 10.00. The summed E-state index contributed by atoms with van der Waals surface area (Å²) in [6.07, 6.45) is 1.21. The zero-order valence-electron chi connectivity index (χ0n) is 8.99. The minimum atomic E-state index is -0.984. The van der Waals surface area contributed by atoms with E-state index < -0.39 is 12.2 Å². The molecule has 0 aliphatic rings. The molecule has 0 aliphatic heterocycles. The fourth-order valence-corrected chi connectivity index (χ4v) is 2.14. The molecular formula is C13H12BrNO2. The van der Waals surface area contributed by atoms with E-state index in [1.54, 1.807) is 30.6 Å². The summed E-state index contributed by atoms with van der Waals surface area (Å²) in [5.74, 6) is 0. The van der Waals surface area contributed by atoms with Crippen molar-refractivity contribution in [2.45, 2.75) is 12.2 Å². The molecule has 2 unspecified atom stereocenters. The van der Waals surface area contributed by atoms with Gasteiger partial charge in [-0.15, -0.1) is 0 Å². The average molecular weight is 294 g/mol. The van der Waals surface area contributed by atoms with Crippen molar-refractivity contribution in [2.75, 3.05) is 0 Å². The molecule has 88 valence electrons. The summed E-state index contributed by atoms with van der Waals surface area (Å²) < 4.78 is 0.774. The van der Waals surface area contributed by atoms with Gasteiger partial charge in [-0.05, 0) is 17.7 Å². The first-order valence-corrected chi connectivity index (χ1v) is 6.00. The van der Waals surface area contributed by atoms with Crippen molar-refractivity contribution in [3.8, 4) is 0 Å². The van der Waals surface area contributed by atoms with Crippen molar-refractivity contribution >= 4 is 15.9 Å². The summed E-state index contributed by atoms with van der Waals surface area (Å²) in [4.78, 5) is 3.92. The third-order valence-corrected chi connectivity index (χ3v) is 3.27. The lowest BCUT2D eigenvalue weighted by Crippen LogP contribution is -2.11. The van der Waals surface area contributed by atoms with Crippen LogP contribution in [0.5, 0.6) is 0 Å². The van der Waals surface area contributed by atoms with Crippen LogP contribution in [0.2, 0.25) is 0 Å². The van der Waals surface area contributed by atoms with Gasteiger partial charge >= 0.3 is 0 Å². The van der Waals surface area contributed by atoms with Crippen molar-refractivity contribution in [2.24, 2.45) is 0 Å². The van der Waals surface area contributed by atoms with Crippen LogP contribution < -0.4 is 0 Å². The van der Waals surface area contributed by atoms with E-state index in [-0.39, 0.29) is 0 Å². The number of nitrogens with zero attached hydrogens (tertiary/aromatic N) is 1. The zero-order chi connectivity index (χ0) is 12.3. The van der Waals surface area contributed by atoms with Crippen molar-refractivity contribution in [3.05, 3.63) is 64.4 Å². The number of halogens is 1. The summed E-state index contributed by atoms with van der Waals surface area (Å²) in [7, 11) is 0. The molecule has 2 atom stereocenters. The van der Waals surface area contributed by atoms with Crippen LogP contribution in [-0.2, 0) is 0 Å². The first kappa shape index (κ1) is 12.2. The first-order chi connectivity index (χ1) is 8.20. The Kier molecular flexibility index (Phi) is 3.89. The van der Waals surface area contributed by atoms with E-state index >= 15 is 0 Å². The molecule has 2 aromatic rings. The molecule has 0 aliphatic carbocycles. The Morgan fingerprint density at radius 1 is 1.00 bits per heavy atom. The molecule has 0 fully saturated rings. The number of benzene rings is 1. The van der Waals surface area contributed by atoms with Gasteiger partial charge in [0.1, 0.15) is 12.2 Å². The van der Waals surface area contributed by atoms with Crippen molar-refractivity contribution in [1.82, 2.24) is 4.98 Å². The highest BCUT2D eigenvalue weighted by atomic mass is 79.9. The number of aliphatic hydroxyl groups excluding tert-OH is 2. The summed E-state index contributed by atoms with van der Waals surface area (Å²) in [6, 6.07) is 10.7. The number of rotatable bonds is 3. The second-order valence-corrected chi connectivity index (χ2v) is 4.55. The zero-order valence-corrected chi connectivity index (χ0v) is 10.6. The second kappa shape index (κ2) is 5.40. The number of aromatic nitrogens is 1. The van der Waals surface area contributed by atoms with Gasteiger partial charge in [0.2, 0.25) is 0 Å². The first-order valence-electron chi connectivity index (χ1n) is 5.20. The Morgan fingerprint density at radius 2 is 1.76 bits per heavy atom. The predicted octanol–water partition coefficient (Wildman–Crippen LogP) is 2.61. The minimum absolute atomic E-state index is 0.593. The fraction of sp³-hybridized carbons (Fsp3) is 0.154. The molecule has 0 saturated carbocycles. The van der Waals surface area contributed by atoms with Gasteiger partial charge in [-0.1, -0.05) is 40.2 Å². The highest BCUT2D eigenvalue weighted by Crippen LogP contribution is 2.32. The van der Waals surface area contributed by atoms with Crippen LogP contribution in [0.4, 0.5) is 0 Å². The van der Waals surface area contributed by atoms with Gasteiger partial charge in [-0.3, -0.25) is 4.98 Å². The smallest absolute Gasteiger partial charge is 0.111 e. The van der Waals surface area contributed by atoms with E-state index in [9.17, 15) is 10.2 Å². The van der Waals surface area contributed by atoms with E-state index in [4.69, 9.17) is 0 Å². The van der Waals surface area contributed by atoms with Crippen molar-refractivity contribution in [1.29, 1.82) is 0 Å². The molecule has 0 bridgehead atoms. The molecule has 0 amide bonds. The lowest BCUT2D eigenvalue weighted by molar-refractivity contribution is 0.0166. The van der Waals surface area contributed by atoms with Crippen LogP contribution in [-0.4, -0.2) is 15.2 Å². The van der Waals surface area contributed by atoms with Gasteiger partial charge < -0.3 is 10.2 Å². The topological polar surface area (TPSA) is 53.4 Å². The van der Waals surface area contributed by atoms with Crippen LogP contribution in [0.3, 0.4) is 0 Å². The Labute approximate surface area is 108 Å². The van der Waals surface area contributed by atoms with Gasteiger partial charge in [0.05, 0.1) is 0 Å². The lowest BCUT2D eigenvalue weighted by Gasteiger charge is -2.19. The predicted molar refractivity (Wildman–Crippen MR) is 68.3 cm³/mol. The van der Waals surface area contributed by atoms with Crippen LogP contribution >= 0.6 is 15.9 Å². The van der Waals surface area contributed by atoms with Crippen molar-refractivity contribution in [3.63, 3.8) is 0 Å². The van der Waals surface area contributed by atoms with Crippen LogP contribution in [0.1, 0.15) is 23.3 Å². The van der Waals surface area contributed by atoms with Crippen LogP contribution in [0, 0.1) is 0 Å². The molecule has 0 radical (unpaired) electrons. The molecule has 17 heavy (non-hydrogen) atoms. The van der Waals surface area contributed by atoms with Gasteiger partial charge in [-0.25, -0.2) is 0 Å². The molecule has 2 rings (SSSR count). The molecule has 0 spiro atoms. The normalized spacial score (nSPS) is 14.3. The maximum Gasteiger partial charge on any atom is 0.111 e. The molecule has 1 aromatic carbocycles. The average Bonchev–Trinajstić information content (AvgIpc) is 2.39. The molecule has 0 saturated heterocycles. The van der Waals surface area contributed by atoms with Gasteiger partial charge in [0.15, 0.2) is 0 Å². The molecule has 1 heterocycles. The fourth-order valence-electron chi connectivity index (χ4n) is 1.62. The highest BCUT2D eigenvalue weighted by molar-refractivity contribution is 9.10. The summed E-state index contributed by atoms with van der Waals surface area (Å²) >= 11 is 3.35. The summed E-state index contributed by atoms with van der Waals surface area (Å²) in [5, 5.41) is 20.2. The largest absolute Gasteiger partial charge is 0.385 e. The Morgan fingerprint density at radius 3 is 2.41 bits per heavy atom. The maximum absolute atomic E-state index is 10.1. The van der Waals surface area contributed by atoms with Crippen LogP contribution in [0.25, 0.3) is 0 Å². The summed E-state index contributed by atoms with van der Waals surface area (Å²) in [6.45, 7) is 0. The van der Waals surface area contributed by atoms with Gasteiger partial charge in [-0.2, -0.15) is 0 Å². The number of aliphatic hydroxyl groups is 2. The number of hydrogen-bond donors (Lipinski definition) is 2. The van der Waals surface area contributed by atoms with E-state index in [1.165, 1.54) is 0 Å². The number of pyridine rings is 1. The van der Waals surface area contributed by atoms with Crippen LogP contribution in [0.15, 0.2) is 53.3 Å². The number of hydrogen-bond acceptors (Lipinski definition) is 3. The second-order valence-electron chi connectivity index (χ2n) is 3.70. The molecule has 2 N–H and O–H groups in total. The van der Waals surface area contributed by atoms with Gasteiger partial charge in [0.25, 0.3) is 0 Å². The quantitative estimate of drug-likeness (QED) is 0.915. The summed E-state index contributed by atoms with van der Waals surface area (Å²) in [5.41, 5.74) is 1.25. The minimum Gasteiger partial charge on any atom is -0.385 e. The Balaban J connectivity index is 2.27. The molecule has 3 nitrogen and oxygen atoms in total. The monoisotopic (exact) mass is 293 g/mol. The Bertz CT molecular complexity index is 490. The standard InChI is InChI=1S/C13H12BrNO2/c14-11-6-2-1-5-10(11)13(17)12(16)9-4-3-7-15-8-9/h1-8,12-13,16-17H.